The van der Waals surface area contributed by atoms with Gasteiger partial charge in [0.05, 0.1) is 23.7 Å². The van der Waals surface area contributed by atoms with Crippen molar-refractivity contribution in [2.75, 3.05) is 25.0 Å². The molecule has 1 aromatic heterocycles. The summed E-state index contributed by atoms with van der Waals surface area (Å²) in [5.74, 6) is 1.19. The van der Waals surface area contributed by atoms with Gasteiger partial charge in [0.15, 0.2) is 5.89 Å². The number of hydrogen-bond donors (Lipinski definition) is 1. The molecule has 1 amide bonds. The largest absolute Gasteiger partial charge is 0.450 e. The molecule has 0 saturated carbocycles. The number of likely N-dealkylation sites (tertiary alicyclic amines) is 1. The van der Waals surface area contributed by atoms with Crippen molar-refractivity contribution in [3.05, 3.63) is 22.9 Å². The second kappa shape index (κ2) is 5.61. The molecule has 122 valence electrons. The van der Waals surface area contributed by atoms with Gasteiger partial charge in [-0.25, -0.2) is 9.78 Å². The number of aromatic nitrogens is 1. The lowest BCUT2D eigenvalue weighted by atomic mass is 9.68. The van der Waals surface area contributed by atoms with E-state index in [1.165, 1.54) is 0 Å². The summed E-state index contributed by atoms with van der Waals surface area (Å²) in [6.07, 6.45) is 0.964. The summed E-state index contributed by atoms with van der Waals surface area (Å²) < 4.78 is 10.7. The van der Waals surface area contributed by atoms with Crippen LogP contribution in [0.3, 0.4) is 0 Å². The van der Waals surface area contributed by atoms with Crippen LogP contribution in [0.5, 0.6) is 0 Å². The number of aryl methyl sites for hydroxylation is 1. The molecule has 1 spiro atoms. The van der Waals surface area contributed by atoms with E-state index in [-0.39, 0.29) is 6.09 Å². The number of ether oxygens (including phenoxy) is 1. The first kappa shape index (κ1) is 15.4. The Bertz CT molecular complexity index is 705. The number of piperidine rings is 1. The molecule has 2 aliphatic heterocycles. The van der Waals surface area contributed by atoms with E-state index < -0.39 is 5.41 Å². The number of anilines is 1. The van der Waals surface area contributed by atoms with Crippen LogP contribution >= 0.6 is 0 Å². The van der Waals surface area contributed by atoms with Gasteiger partial charge in [-0.15, -0.1) is 0 Å². The number of nitriles is 1. The minimum Gasteiger partial charge on any atom is -0.450 e. The Morgan fingerprint density at radius 1 is 1.48 bits per heavy atom. The summed E-state index contributed by atoms with van der Waals surface area (Å²) in [6.45, 7) is 6.88. The molecular formula is C16H20N4O3. The molecule has 3 heterocycles. The van der Waals surface area contributed by atoms with E-state index in [0.717, 1.165) is 11.4 Å². The molecule has 0 bridgehead atoms. The van der Waals surface area contributed by atoms with Crippen molar-refractivity contribution in [2.45, 2.75) is 39.0 Å². The predicted molar refractivity (Wildman–Crippen MR) is 82.7 cm³/mol. The lowest BCUT2D eigenvalue weighted by Crippen LogP contribution is -2.48. The Hall–Kier alpha value is -2.49. The highest BCUT2D eigenvalue weighted by molar-refractivity contribution is 5.68. The Morgan fingerprint density at radius 3 is 2.78 bits per heavy atom. The molecule has 0 unspecified atom stereocenters. The maximum absolute atomic E-state index is 11.9. The number of allylic oxidation sites excluding steroid dienone is 2. The molecule has 1 saturated heterocycles. The fraction of sp³-hybridized carbons (Fsp3) is 0.562. The zero-order valence-corrected chi connectivity index (χ0v) is 13.6. The van der Waals surface area contributed by atoms with Crippen molar-refractivity contribution in [3.63, 3.8) is 0 Å². The van der Waals surface area contributed by atoms with Crippen molar-refractivity contribution >= 4 is 12.0 Å². The highest BCUT2D eigenvalue weighted by atomic mass is 16.6. The van der Waals surface area contributed by atoms with Gasteiger partial charge < -0.3 is 19.4 Å². The number of oxazole rings is 1. The summed E-state index contributed by atoms with van der Waals surface area (Å²) in [4.78, 5) is 18.1. The number of hydrogen-bond acceptors (Lipinski definition) is 6. The van der Waals surface area contributed by atoms with E-state index >= 15 is 0 Å². The number of nitrogens with one attached hydrogen (secondary N) is 1. The molecule has 1 fully saturated rings. The Balaban J connectivity index is 1.94. The van der Waals surface area contributed by atoms with Crippen LogP contribution in [0.1, 0.15) is 38.3 Å². The molecule has 7 heteroatoms. The maximum atomic E-state index is 11.9. The third-order valence-corrected chi connectivity index (χ3v) is 4.60. The number of carbonyl (C=O) groups is 1. The van der Waals surface area contributed by atoms with Crippen LogP contribution in [-0.4, -0.2) is 35.7 Å². The molecular weight excluding hydrogens is 296 g/mol. The van der Waals surface area contributed by atoms with Crippen molar-refractivity contribution in [1.82, 2.24) is 9.88 Å². The Kier molecular flexibility index (Phi) is 3.76. The van der Waals surface area contributed by atoms with Crippen LogP contribution < -0.4 is 5.32 Å². The second-order valence-corrected chi connectivity index (χ2v) is 5.92. The molecule has 0 aromatic carbocycles. The quantitative estimate of drug-likeness (QED) is 0.856. The van der Waals surface area contributed by atoms with Gasteiger partial charge >= 0.3 is 6.09 Å². The molecule has 2 aliphatic rings. The Labute approximate surface area is 134 Å². The van der Waals surface area contributed by atoms with Crippen molar-refractivity contribution < 1.29 is 13.9 Å². The lowest BCUT2D eigenvalue weighted by Gasteiger charge is -2.42. The average Bonchev–Trinajstić information content (AvgIpc) is 2.89. The maximum Gasteiger partial charge on any atom is 0.409 e. The fourth-order valence-electron chi connectivity index (χ4n) is 3.51. The standard InChI is InChI=1S/C16H20N4O3/c1-4-22-15(21)20-7-5-16(6-8-20)12(9-17)10(2)18-14-13(16)19-11(3)23-14/h18H,4-8H2,1-3H3. The van der Waals surface area contributed by atoms with E-state index in [0.29, 0.717) is 49.9 Å². The van der Waals surface area contributed by atoms with Gasteiger partial charge in [-0.1, -0.05) is 0 Å². The summed E-state index contributed by atoms with van der Waals surface area (Å²) >= 11 is 0. The number of carbonyl (C=O) groups excluding carboxylic acids is 1. The average molecular weight is 316 g/mol. The molecule has 1 aromatic rings. The molecule has 0 radical (unpaired) electrons. The van der Waals surface area contributed by atoms with E-state index in [1.807, 2.05) is 6.92 Å². The fourth-order valence-corrected chi connectivity index (χ4v) is 3.51. The van der Waals surface area contributed by atoms with Crippen LogP contribution in [0, 0.1) is 18.3 Å². The third-order valence-electron chi connectivity index (χ3n) is 4.60. The smallest absolute Gasteiger partial charge is 0.409 e. The summed E-state index contributed by atoms with van der Waals surface area (Å²) in [7, 11) is 0. The molecule has 0 aliphatic carbocycles. The SMILES string of the molecule is CCOC(=O)N1CCC2(CC1)C(C#N)=C(C)Nc1oc(C)nc12. The summed E-state index contributed by atoms with van der Waals surface area (Å²) in [5.41, 5.74) is 1.77. The van der Waals surface area contributed by atoms with E-state index in [1.54, 1.807) is 18.7 Å². The van der Waals surface area contributed by atoms with Gasteiger partial charge in [-0.3, -0.25) is 0 Å². The van der Waals surface area contributed by atoms with Crippen LogP contribution in [-0.2, 0) is 10.2 Å². The van der Waals surface area contributed by atoms with Crippen LogP contribution in [0.25, 0.3) is 0 Å². The van der Waals surface area contributed by atoms with Gasteiger partial charge in [-0.05, 0) is 26.7 Å². The van der Waals surface area contributed by atoms with Gasteiger partial charge in [0.2, 0.25) is 5.88 Å². The first-order valence-electron chi connectivity index (χ1n) is 7.80. The first-order valence-corrected chi connectivity index (χ1v) is 7.80. The molecule has 23 heavy (non-hydrogen) atoms. The van der Waals surface area contributed by atoms with Crippen LogP contribution in [0.2, 0.25) is 0 Å². The highest BCUT2D eigenvalue weighted by Gasteiger charge is 2.48. The van der Waals surface area contributed by atoms with E-state index in [4.69, 9.17) is 9.15 Å². The third kappa shape index (κ3) is 2.34. The van der Waals surface area contributed by atoms with Crippen LogP contribution in [0.15, 0.2) is 15.7 Å². The zero-order valence-electron chi connectivity index (χ0n) is 13.6. The lowest BCUT2D eigenvalue weighted by molar-refractivity contribution is 0.0902. The number of amides is 1. The van der Waals surface area contributed by atoms with Crippen molar-refractivity contribution in [3.8, 4) is 6.07 Å². The highest BCUT2D eigenvalue weighted by Crippen LogP contribution is 2.48. The molecule has 3 rings (SSSR count). The van der Waals surface area contributed by atoms with E-state index in [9.17, 15) is 10.1 Å². The minimum absolute atomic E-state index is 0.299. The van der Waals surface area contributed by atoms with Gasteiger partial charge in [0.1, 0.15) is 5.69 Å². The normalized spacial score (nSPS) is 19.1. The number of rotatable bonds is 1. The molecule has 0 atom stereocenters. The summed E-state index contributed by atoms with van der Waals surface area (Å²) in [5, 5.41) is 12.8. The van der Waals surface area contributed by atoms with Gasteiger partial charge in [-0.2, -0.15) is 5.26 Å². The van der Waals surface area contributed by atoms with Crippen molar-refractivity contribution in [2.24, 2.45) is 0 Å². The molecule has 1 N–H and O–H groups in total. The van der Waals surface area contributed by atoms with Gasteiger partial charge in [0.25, 0.3) is 0 Å². The number of nitrogens with zero attached hydrogens (tertiary/aromatic N) is 3. The Morgan fingerprint density at radius 2 is 2.17 bits per heavy atom. The van der Waals surface area contributed by atoms with Crippen molar-refractivity contribution in [1.29, 1.82) is 5.26 Å². The van der Waals surface area contributed by atoms with Crippen LogP contribution in [0.4, 0.5) is 10.7 Å². The summed E-state index contributed by atoms with van der Waals surface area (Å²) in [6, 6.07) is 2.33. The first-order chi connectivity index (χ1) is 11.0. The zero-order chi connectivity index (χ0) is 16.6. The molecule has 7 nitrogen and oxygen atoms in total. The van der Waals surface area contributed by atoms with E-state index in [2.05, 4.69) is 16.4 Å². The minimum atomic E-state index is -0.486. The second-order valence-electron chi connectivity index (χ2n) is 5.92. The monoisotopic (exact) mass is 316 g/mol. The predicted octanol–water partition coefficient (Wildman–Crippen LogP) is 2.70. The van der Waals surface area contributed by atoms with Gasteiger partial charge in [0, 0.05) is 25.7 Å². The number of fused-ring (bicyclic) bond motifs is 2. The topological polar surface area (TPSA) is 91.4 Å².